The normalized spacial score (nSPS) is 13.7. The van der Waals surface area contributed by atoms with Crippen LogP contribution in [-0.2, 0) is 20.7 Å². The molecule has 0 N–H and O–H groups in total. The SMILES string of the molecule is CCCCCCCC(=O)OCN(C(C)=O)c1cc(OCCCCN2CCN(c3cccc(Cl)c3Cl)CC2)ccc1CC. The minimum absolute atomic E-state index is 0.0869. The van der Waals surface area contributed by atoms with Crippen molar-refractivity contribution >= 4 is 46.5 Å². The van der Waals surface area contributed by atoms with Gasteiger partial charge in [-0.25, -0.2) is 0 Å². The Labute approximate surface area is 262 Å². The summed E-state index contributed by atoms with van der Waals surface area (Å²) in [5.41, 5.74) is 2.74. The average Bonchev–Trinajstić information content (AvgIpc) is 2.99. The molecule has 232 valence electrons. The number of aryl methyl sites for hydroxylation is 1. The fraction of sp³-hybridized carbons (Fsp3) is 0.576. The summed E-state index contributed by atoms with van der Waals surface area (Å²) < 4.78 is 11.6. The molecule has 0 aromatic heterocycles. The first-order valence-corrected chi connectivity index (χ1v) is 16.2. The molecular weight excluding hydrogens is 573 g/mol. The number of hydrogen-bond donors (Lipinski definition) is 0. The Bertz CT molecular complexity index is 1140. The van der Waals surface area contributed by atoms with Crippen molar-refractivity contribution in [2.45, 2.75) is 78.6 Å². The van der Waals surface area contributed by atoms with Crippen LogP contribution in [0.4, 0.5) is 11.4 Å². The van der Waals surface area contributed by atoms with Crippen molar-refractivity contribution in [2.24, 2.45) is 0 Å². The number of amides is 1. The standard InChI is InChI=1S/C33H47Cl2N3O4/c1-4-6-7-8-9-15-32(40)42-25-38(26(3)39)31-24-28(17-16-27(31)5-2)41-23-11-10-18-36-19-21-37(22-20-36)30-14-12-13-29(34)33(30)35/h12-14,16-17,24H,4-11,15,18-23,25H2,1-3H3. The predicted octanol–water partition coefficient (Wildman–Crippen LogP) is 7.75. The minimum atomic E-state index is -0.266. The number of rotatable bonds is 17. The van der Waals surface area contributed by atoms with E-state index in [1.807, 2.05) is 43.3 Å². The molecule has 3 rings (SSSR count). The van der Waals surface area contributed by atoms with Crippen LogP contribution in [0.1, 0.15) is 77.7 Å². The highest BCUT2D eigenvalue weighted by Crippen LogP contribution is 2.33. The molecule has 0 bridgehead atoms. The van der Waals surface area contributed by atoms with E-state index in [1.165, 1.54) is 24.7 Å². The first-order valence-electron chi connectivity index (χ1n) is 15.4. The lowest BCUT2D eigenvalue weighted by atomic mass is 10.1. The van der Waals surface area contributed by atoms with Crippen molar-refractivity contribution < 1.29 is 19.1 Å². The number of ether oxygens (including phenoxy) is 2. The van der Waals surface area contributed by atoms with E-state index < -0.39 is 0 Å². The molecule has 2 aromatic carbocycles. The van der Waals surface area contributed by atoms with E-state index in [-0.39, 0.29) is 18.6 Å². The van der Waals surface area contributed by atoms with Crippen LogP contribution < -0.4 is 14.5 Å². The van der Waals surface area contributed by atoms with Gasteiger partial charge in [-0.05, 0) is 56.0 Å². The molecule has 1 heterocycles. The number of benzene rings is 2. The summed E-state index contributed by atoms with van der Waals surface area (Å²) in [7, 11) is 0. The summed E-state index contributed by atoms with van der Waals surface area (Å²) in [5.74, 6) is 0.274. The van der Waals surface area contributed by atoms with E-state index in [2.05, 4.69) is 16.7 Å². The number of halogens is 2. The second-order valence-corrected chi connectivity index (χ2v) is 11.6. The highest BCUT2D eigenvalue weighted by Gasteiger charge is 2.20. The van der Waals surface area contributed by atoms with Gasteiger partial charge < -0.3 is 14.4 Å². The van der Waals surface area contributed by atoms with Crippen molar-refractivity contribution in [1.29, 1.82) is 0 Å². The summed E-state index contributed by atoms with van der Waals surface area (Å²) in [5, 5.41) is 1.22. The zero-order valence-electron chi connectivity index (χ0n) is 25.5. The monoisotopic (exact) mass is 619 g/mol. The zero-order chi connectivity index (χ0) is 30.3. The first-order chi connectivity index (χ1) is 20.3. The van der Waals surface area contributed by atoms with Gasteiger partial charge in [-0.1, -0.05) is 74.9 Å². The maximum Gasteiger partial charge on any atom is 0.307 e. The lowest BCUT2D eigenvalue weighted by Crippen LogP contribution is -2.46. The van der Waals surface area contributed by atoms with Crippen LogP contribution in [0.5, 0.6) is 5.75 Å². The Morgan fingerprint density at radius 2 is 1.69 bits per heavy atom. The van der Waals surface area contributed by atoms with E-state index in [0.717, 1.165) is 88.2 Å². The third-order valence-corrected chi connectivity index (χ3v) is 8.54. The van der Waals surface area contributed by atoms with Crippen LogP contribution in [0.3, 0.4) is 0 Å². The molecule has 7 nitrogen and oxygen atoms in total. The Hall–Kier alpha value is -2.48. The highest BCUT2D eigenvalue weighted by atomic mass is 35.5. The number of anilines is 2. The Morgan fingerprint density at radius 3 is 2.40 bits per heavy atom. The van der Waals surface area contributed by atoms with Gasteiger partial charge in [0.05, 0.1) is 28.0 Å². The summed E-state index contributed by atoms with van der Waals surface area (Å²) in [6, 6.07) is 11.6. The van der Waals surface area contributed by atoms with Crippen molar-refractivity contribution in [1.82, 2.24) is 4.90 Å². The third-order valence-electron chi connectivity index (χ3n) is 7.73. The number of nitrogens with zero attached hydrogens (tertiary/aromatic N) is 3. The molecular formula is C33H47Cl2N3O4. The maximum atomic E-state index is 12.5. The lowest BCUT2D eigenvalue weighted by molar-refractivity contribution is -0.144. The van der Waals surface area contributed by atoms with Gasteiger partial charge in [0, 0.05) is 45.6 Å². The summed E-state index contributed by atoms with van der Waals surface area (Å²) in [6.07, 6.45) is 8.42. The topological polar surface area (TPSA) is 62.3 Å². The summed E-state index contributed by atoms with van der Waals surface area (Å²) >= 11 is 12.6. The van der Waals surface area contributed by atoms with Crippen LogP contribution in [-0.4, -0.2) is 62.8 Å². The van der Waals surface area contributed by atoms with E-state index >= 15 is 0 Å². The van der Waals surface area contributed by atoms with Crippen LogP contribution in [0.2, 0.25) is 10.0 Å². The molecule has 9 heteroatoms. The van der Waals surface area contributed by atoms with Crippen LogP contribution in [0.25, 0.3) is 0 Å². The van der Waals surface area contributed by atoms with E-state index in [4.69, 9.17) is 32.7 Å². The minimum Gasteiger partial charge on any atom is -0.494 e. The molecule has 42 heavy (non-hydrogen) atoms. The maximum absolute atomic E-state index is 12.5. The van der Waals surface area contributed by atoms with Crippen LogP contribution in [0, 0.1) is 0 Å². The molecule has 1 fully saturated rings. The number of unbranched alkanes of at least 4 members (excludes halogenated alkanes) is 5. The van der Waals surface area contributed by atoms with Crippen molar-refractivity contribution in [3.8, 4) is 5.75 Å². The predicted molar refractivity (Wildman–Crippen MR) is 173 cm³/mol. The van der Waals surface area contributed by atoms with Gasteiger partial charge in [-0.2, -0.15) is 0 Å². The fourth-order valence-corrected chi connectivity index (χ4v) is 5.59. The molecule has 0 radical (unpaired) electrons. The van der Waals surface area contributed by atoms with Gasteiger partial charge in [0.25, 0.3) is 0 Å². The molecule has 0 saturated carbocycles. The smallest absolute Gasteiger partial charge is 0.307 e. The van der Waals surface area contributed by atoms with Gasteiger partial charge >= 0.3 is 5.97 Å². The number of esters is 1. The second kappa shape index (κ2) is 18.2. The van der Waals surface area contributed by atoms with Gasteiger partial charge in [-0.15, -0.1) is 0 Å². The number of piperazine rings is 1. The van der Waals surface area contributed by atoms with Crippen molar-refractivity contribution in [3.05, 3.63) is 52.0 Å². The Kier molecular flexibility index (Phi) is 14.8. The average molecular weight is 621 g/mol. The molecule has 0 atom stereocenters. The third kappa shape index (κ3) is 10.7. The molecule has 0 aliphatic carbocycles. The van der Waals surface area contributed by atoms with E-state index in [0.29, 0.717) is 28.8 Å². The molecule has 1 amide bonds. The molecule has 1 aliphatic rings. The fourth-order valence-electron chi connectivity index (χ4n) is 5.17. The lowest BCUT2D eigenvalue weighted by Gasteiger charge is -2.36. The summed E-state index contributed by atoms with van der Waals surface area (Å²) in [4.78, 5) is 31.1. The van der Waals surface area contributed by atoms with Crippen molar-refractivity contribution in [3.63, 3.8) is 0 Å². The van der Waals surface area contributed by atoms with Crippen LogP contribution >= 0.6 is 23.2 Å². The largest absolute Gasteiger partial charge is 0.494 e. The molecule has 1 aliphatic heterocycles. The Balaban J connectivity index is 1.42. The van der Waals surface area contributed by atoms with Gasteiger partial charge in [0.1, 0.15) is 5.75 Å². The second-order valence-electron chi connectivity index (χ2n) is 10.9. The van der Waals surface area contributed by atoms with Crippen LogP contribution in [0.15, 0.2) is 36.4 Å². The van der Waals surface area contributed by atoms with E-state index in [9.17, 15) is 9.59 Å². The summed E-state index contributed by atoms with van der Waals surface area (Å²) in [6.45, 7) is 11.0. The van der Waals surface area contributed by atoms with Gasteiger partial charge in [0.2, 0.25) is 5.91 Å². The van der Waals surface area contributed by atoms with Crippen molar-refractivity contribution in [2.75, 3.05) is 55.9 Å². The number of carbonyl (C=O) groups excluding carboxylic acids is 2. The van der Waals surface area contributed by atoms with E-state index in [1.54, 1.807) is 0 Å². The molecule has 1 saturated heterocycles. The zero-order valence-corrected chi connectivity index (χ0v) is 27.0. The number of hydrogen-bond acceptors (Lipinski definition) is 6. The quantitative estimate of drug-likeness (QED) is 0.102. The Morgan fingerprint density at radius 1 is 0.929 bits per heavy atom. The first kappa shape index (κ1) is 34.0. The molecule has 2 aromatic rings. The molecule has 0 unspecified atom stereocenters. The molecule has 0 spiro atoms. The highest BCUT2D eigenvalue weighted by molar-refractivity contribution is 6.43. The van der Waals surface area contributed by atoms with Gasteiger partial charge in [-0.3, -0.25) is 19.4 Å². The van der Waals surface area contributed by atoms with Gasteiger partial charge in [0.15, 0.2) is 6.73 Å². The number of carbonyl (C=O) groups is 2.